The first-order valence-electron chi connectivity index (χ1n) is 8.83. The fourth-order valence-corrected chi connectivity index (χ4v) is 2.91. The number of aryl methyl sites for hydroxylation is 1. The molecule has 4 rings (SSSR count). The molecule has 0 amide bonds. The lowest BCUT2D eigenvalue weighted by Gasteiger charge is -2.04. The van der Waals surface area contributed by atoms with Crippen molar-refractivity contribution in [2.24, 2.45) is 0 Å². The zero-order valence-corrected chi connectivity index (χ0v) is 14.7. The van der Waals surface area contributed by atoms with E-state index in [0.717, 1.165) is 11.1 Å². The van der Waals surface area contributed by atoms with Gasteiger partial charge in [0, 0.05) is 24.4 Å². The zero-order valence-electron chi connectivity index (χ0n) is 14.7. The van der Waals surface area contributed by atoms with Gasteiger partial charge >= 0.3 is 0 Å². The molecule has 4 heteroatoms. The summed E-state index contributed by atoms with van der Waals surface area (Å²) in [6, 6.07) is 22.2. The molecule has 0 fully saturated rings. The highest BCUT2D eigenvalue weighted by atomic mass is 16.4. The number of aromatic nitrogens is 2. The SMILES string of the molecule is O=C(CCc1ccc(-c2ccccc2)cc1)c1ncc(-c2ccncc2)o1. The Balaban J connectivity index is 1.39. The maximum Gasteiger partial charge on any atom is 0.263 e. The molecule has 0 radical (unpaired) electrons. The second-order valence-corrected chi connectivity index (χ2v) is 6.25. The van der Waals surface area contributed by atoms with Gasteiger partial charge in [0.2, 0.25) is 5.78 Å². The van der Waals surface area contributed by atoms with Gasteiger partial charge in [-0.3, -0.25) is 9.78 Å². The van der Waals surface area contributed by atoms with Crippen LogP contribution in [0, 0.1) is 0 Å². The number of oxazole rings is 1. The Kier molecular flexibility index (Phi) is 4.88. The summed E-state index contributed by atoms with van der Waals surface area (Å²) in [4.78, 5) is 20.5. The van der Waals surface area contributed by atoms with Crippen molar-refractivity contribution in [3.63, 3.8) is 0 Å². The number of carbonyl (C=O) groups is 1. The van der Waals surface area contributed by atoms with Gasteiger partial charge in [0.15, 0.2) is 5.76 Å². The smallest absolute Gasteiger partial charge is 0.263 e. The van der Waals surface area contributed by atoms with Gasteiger partial charge in [-0.2, -0.15) is 0 Å². The van der Waals surface area contributed by atoms with E-state index in [1.165, 1.54) is 11.1 Å². The minimum atomic E-state index is -0.0950. The highest BCUT2D eigenvalue weighted by Crippen LogP contribution is 2.22. The van der Waals surface area contributed by atoms with Crippen LogP contribution in [-0.4, -0.2) is 15.8 Å². The Morgan fingerprint density at radius 1 is 0.815 bits per heavy atom. The number of benzene rings is 2. The van der Waals surface area contributed by atoms with E-state index >= 15 is 0 Å². The summed E-state index contributed by atoms with van der Waals surface area (Å²) < 4.78 is 5.61. The predicted octanol–water partition coefficient (Wildman–Crippen LogP) is 5.22. The lowest BCUT2D eigenvalue weighted by atomic mass is 10.0. The molecule has 2 aromatic carbocycles. The molecule has 132 valence electrons. The third-order valence-electron chi connectivity index (χ3n) is 4.41. The van der Waals surface area contributed by atoms with Crippen LogP contribution in [0.1, 0.15) is 22.7 Å². The van der Waals surface area contributed by atoms with Crippen molar-refractivity contribution < 1.29 is 9.21 Å². The minimum Gasteiger partial charge on any atom is -0.434 e. The molecule has 0 aliphatic heterocycles. The topological polar surface area (TPSA) is 56.0 Å². The summed E-state index contributed by atoms with van der Waals surface area (Å²) in [6.45, 7) is 0. The van der Waals surface area contributed by atoms with Crippen LogP contribution in [0.4, 0.5) is 0 Å². The quantitative estimate of drug-likeness (QED) is 0.446. The van der Waals surface area contributed by atoms with Crippen LogP contribution in [0.3, 0.4) is 0 Å². The Labute approximate surface area is 157 Å². The molecule has 4 aromatic rings. The van der Waals surface area contributed by atoms with Crippen molar-refractivity contribution in [1.29, 1.82) is 0 Å². The van der Waals surface area contributed by atoms with Gasteiger partial charge < -0.3 is 4.42 Å². The van der Waals surface area contributed by atoms with Gasteiger partial charge in [0.1, 0.15) is 0 Å². The van der Waals surface area contributed by atoms with Crippen molar-refractivity contribution in [2.45, 2.75) is 12.8 Å². The van der Waals surface area contributed by atoms with Crippen molar-refractivity contribution >= 4 is 5.78 Å². The fourth-order valence-electron chi connectivity index (χ4n) is 2.91. The molecular weight excluding hydrogens is 336 g/mol. The van der Waals surface area contributed by atoms with Gasteiger partial charge in [0.05, 0.1) is 6.20 Å². The van der Waals surface area contributed by atoms with Gasteiger partial charge in [-0.1, -0.05) is 54.6 Å². The first-order valence-corrected chi connectivity index (χ1v) is 8.83. The summed E-state index contributed by atoms with van der Waals surface area (Å²) >= 11 is 0. The number of pyridine rings is 1. The van der Waals surface area contributed by atoms with Crippen LogP contribution >= 0.6 is 0 Å². The Bertz CT molecular complexity index is 1020. The monoisotopic (exact) mass is 354 g/mol. The van der Waals surface area contributed by atoms with E-state index in [-0.39, 0.29) is 11.7 Å². The predicted molar refractivity (Wildman–Crippen MR) is 104 cm³/mol. The van der Waals surface area contributed by atoms with Crippen LogP contribution in [-0.2, 0) is 6.42 Å². The molecule has 0 aliphatic carbocycles. The number of hydrogen-bond donors (Lipinski definition) is 0. The molecule has 0 bridgehead atoms. The molecular formula is C23H18N2O2. The van der Waals surface area contributed by atoms with E-state index in [4.69, 9.17) is 4.42 Å². The average Bonchev–Trinajstić information content (AvgIpc) is 3.24. The number of hydrogen-bond acceptors (Lipinski definition) is 4. The Morgan fingerprint density at radius 2 is 1.52 bits per heavy atom. The first kappa shape index (κ1) is 16.9. The summed E-state index contributed by atoms with van der Waals surface area (Å²) in [5, 5.41) is 0. The molecule has 0 unspecified atom stereocenters. The maximum absolute atomic E-state index is 12.4. The van der Waals surface area contributed by atoms with Gasteiger partial charge in [0.25, 0.3) is 5.89 Å². The Hall–Kier alpha value is -3.53. The van der Waals surface area contributed by atoms with Gasteiger partial charge in [-0.05, 0) is 35.2 Å². The highest BCUT2D eigenvalue weighted by molar-refractivity contribution is 5.92. The number of ketones is 1. The third kappa shape index (κ3) is 4.01. The molecule has 0 saturated heterocycles. The van der Waals surface area contributed by atoms with E-state index in [0.29, 0.717) is 18.6 Å². The lowest BCUT2D eigenvalue weighted by Crippen LogP contribution is -2.01. The number of carbonyl (C=O) groups excluding carboxylic acids is 1. The van der Waals surface area contributed by atoms with Crippen LogP contribution < -0.4 is 0 Å². The fraction of sp³-hybridized carbons (Fsp3) is 0.0870. The Morgan fingerprint density at radius 3 is 2.26 bits per heavy atom. The molecule has 0 saturated carbocycles. The molecule has 0 spiro atoms. The second kappa shape index (κ2) is 7.79. The number of nitrogens with zero attached hydrogens (tertiary/aromatic N) is 2. The van der Waals surface area contributed by atoms with E-state index in [1.807, 2.05) is 30.3 Å². The van der Waals surface area contributed by atoms with Crippen molar-refractivity contribution in [1.82, 2.24) is 9.97 Å². The lowest BCUT2D eigenvalue weighted by molar-refractivity contribution is 0.0950. The molecule has 0 aliphatic rings. The van der Waals surface area contributed by atoms with Crippen LogP contribution in [0.5, 0.6) is 0 Å². The van der Waals surface area contributed by atoms with Crippen molar-refractivity contribution in [3.8, 4) is 22.5 Å². The van der Waals surface area contributed by atoms with Crippen LogP contribution in [0.25, 0.3) is 22.5 Å². The van der Waals surface area contributed by atoms with Crippen LogP contribution in [0.15, 0.2) is 89.7 Å². The zero-order chi connectivity index (χ0) is 18.5. The summed E-state index contributed by atoms with van der Waals surface area (Å²) in [5.74, 6) is 0.637. The van der Waals surface area contributed by atoms with Gasteiger partial charge in [-0.25, -0.2) is 4.98 Å². The summed E-state index contributed by atoms with van der Waals surface area (Å²) in [7, 11) is 0. The highest BCUT2D eigenvalue weighted by Gasteiger charge is 2.14. The van der Waals surface area contributed by atoms with Crippen molar-refractivity contribution in [3.05, 3.63) is 96.8 Å². The number of rotatable bonds is 6. The normalized spacial score (nSPS) is 10.7. The average molecular weight is 354 g/mol. The van der Waals surface area contributed by atoms with Crippen molar-refractivity contribution in [2.75, 3.05) is 0 Å². The van der Waals surface area contributed by atoms with Gasteiger partial charge in [-0.15, -0.1) is 0 Å². The maximum atomic E-state index is 12.4. The first-order chi connectivity index (χ1) is 13.3. The summed E-state index contributed by atoms with van der Waals surface area (Å²) in [6.07, 6.45) is 5.95. The number of Topliss-reactive ketones (excluding diaryl/α,β-unsaturated/α-hetero) is 1. The molecule has 4 nitrogen and oxygen atoms in total. The minimum absolute atomic E-state index is 0.0950. The standard InChI is InChI=1S/C23H18N2O2/c26-21(23-25-16-22(27-23)20-12-14-24-15-13-20)11-8-17-6-9-19(10-7-17)18-4-2-1-3-5-18/h1-7,9-10,12-16H,8,11H2. The third-order valence-corrected chi connectivity index (χ3v) is 4.41. The molecule has 2 heterocycles. The van der Waals surface area contributed by atoms with E-state index < -0.39 is 0 Å². The molecule has 2 aromatic heterocycles. The molecule has 0 atom stereocenters. The largest absolute Gasteiger partial charge is 0.434 e. The van der Waals surface area contributed by atoms with E-state index in [9.17, 15) is 4.79 Å². The van der Waals surface area contributed by atoms with Crippen LogP contribution in [0.2, 0.25) is 0 Å². The van der Waals surface area contributed by atoms with E-state index in [2.05, 4.69) is 46.4 Å². The second-order valence-electron chi connectivity index (χ2n) is 6.25. The molecule has 0 N–H and O–H groups in total. The van der Waals surface area contributed by atoms with E-state index in [1.54, 1.807) is 18.6 Å². The summed E-state index contributed by atoms with van der Waals surface area (Å²) in [5.41, 5.74) is 4.32. The molecule has 27 heavy (non-hydrogen) atoms.